The summed E-state index contributed by atoms with van der Waals surface area (Å²) in [7, 11) is -6.84. The number of hydrogen-bond acceptors (Lipinski definition) is 7. The van der Waals surface area contributed by atoms with Crippen LogP contribution in [0, 0.1) is 0 Å². The molecule has 0 bridgehead atoms. The number of sulfone groups is 1. The maximum Gasteiger partial charge on any atom is 0.501 e. The normalized spacial score (nSPS) is 15.4. The molecule has 2 aromatic rings. The zero-order valence-electron chi connectivity index (χ0n) is 17.6. The van der Waals surface area contributed by atoms with Gasteiger partial charge in [0.25, 0.3) is 15.7 Å². The molecule has 1 aromatic heterocycles. The van der Waals surface area contributed by atoms with E-state index in [0.717, 1.165) is 21.3 Å². The van der Waals surface area contributed by atoms with E-state index in [1.54, 1.807) is 0 Å². The fourth-order valence-corrected chi connectivity index (χ4v) is 4.33. The standard InChI is InChI=1S/C18H18F3N5O6S2/c1-24(2)34(31,32)23-15-9-22-8-7-12(15)10-25-11-16(27)26(17(25)28)13-3-5-14(6-4-13)33(29,30)18(19,20)21/h3-9,23H,10-11H2,1-2H3. The fourth-order valence-electron chi connectivity index (χ4n) is 2.92. The van der Waals surface area contributed by atoms with Gasteiger partial charge in [-0.15, -0.1) is 0 Å². The number of pyridine rings is 1. The molecular weight excluding hydrogens is 503 g/mol. The number of halogens is 3. The first-order valence-corrected chi connectivity index (χ1v) is 12.2. The van der Waals surface area contributed by atoms with E-state index in [1.165, 1.54) is 32.6 Å². The number of anilines is 2. The number of aromatic nitrogens is 1. The van der Waals surface area contributed by atoms with Crippen LogP contribution in [0.1, 0.15) is 5.56 Å². The molecule has 2 heterocycles. The highest BCUT2D eigenvalue weighted by Crippen LogP contribution is 2.32. The predicted octanol–water partition coefficient (Wildman–Crippen LogP) is 1.56. The van der Waals surface area contributed by atoms with Crippen molar-refractivity contribution in [3.63, 3.8) is 0 Å². The Kier molecular flexibility index (Phi) is 6.60. The third-order valence-corrected chi connectivity index (χ3v) is 7.68. The van der Waals surface area contributed by atoms with Crippen molar-refractivity contribution in [1.29, 1.82) is 0 Å². The van der Waals surface area contributed by atoms with Gasteiger partial charge in [-0.2, -0.15) is 25.9 Å². The molecule has 34 heavy (non-hydrogen) atoms. The summed E-state index contributed by atoms with van der Waals surface area (Å²) in [5, 5.41) is 0. The van der Waals surface area contributed by atoms with Crippen molar-refractivity contribution in [3.05, 3.63) is 48.3 Å². The summed E-state index contributed by atoms with van der Waals surface area (Å²) in [4.78, 5) is 29.9. The lowest BCUT2D eigenvalue weighted by molar-refractivity contribution is -0.116. The molecule has 1 aromatic carbocycles. The molecule has 1 N–H and O–H groups in total. The molecular formula is C18H18F3N5O6S2. The third-order valence-electron chi connectivity index (χ3n) is 4.74. The SMILES string of the molecule is CN(C)S(=O)(=O)Nc1cnccc1CN1CC(=O)N(c2ccc(S(=O)(=O)C(F)(F)F)cc2)C1=O. The molecule has 0 radical (unpaired) electrons. The quantitative estimate of drug-likeness (QED) is 0.546. The Labute approximate surface area is 192 Å². The first-order chi connectivity index (χ1) is 15.6. The molecule has 3 amide bonds. The van der Waals surface area contributed by atoms with Gasteiger partial charge in [-0.1, -0.05) is 0 Å². The van der Waals surface area contributed by atoms with Crippen LogP contribution >= 0.6 is 0 Å². The Bertz CT molecular complexity index is 1330. The molecule has 16 heteroatoms. The van der Waals surface area contributed by atoms with Crippen molar-refractivity contribution in [3.8, 4) is 0 Å². The Hall–Kier alpha value is -3.24. The minimum absolute atomic E-state index is 0.0802. The van der Waals surface area contributed by atoms with E-state index in [4.69, 9.17) is 0 Å². The van der Waals surface area contributed by atoms with Crippen LogP contribution in [0.5, 0.6) is 0 Å². The van der Waals surface area contributed by atoms with Crippen LogP contribution in [-0.4, -0.2) is 69.1 Å². The molecule has 1 saturated heterocycles. The minimum Gasteiger partial charge on any atom is -0.310 e. The van der Waals surface area contributed by atoms with Gasteiger partial charge in [0, 0.05) is 20.3 Å². The number of carbonyl (C=O) groups excluding carboxylic acids is 2. The summed E-state index contributed by atoms with van der Waals surface area (Å²) in [5.74, 6) is -0.707. The molecule has 0 saturated carbocycles. The highest BCUT2D eigenvalue weighted by atomic mass is 32.2. The number of urea groups is 1. The molecule has 184 valence electrons. The summed E-state index contributed by atoms with van der Waals surface area (Å²) in [6.45, 7) is -0.584. The number of rotatable bonds is 7. The van der Waals surface area contributed by atoms with E-state index in [2.05, 4.69) is 9.71 Å². The summed E-state index contributed by atoms with van der Waals surface area (Å²) in [6.07, 6.45) is 2.60. The molecule has 1 aliphatic heterocycles. The highest BCUT2D eigenvalue weighted by Gasteiger charge is 2.47. The van der Waals surface area contributed by atoms with Crippen LogP contribution in [-0.2, 0) is 31.4 Å². The van der Waals surface area contributed by atoms with E-state index in [0.29, 0.717) is 22.6 Å². The van der Waals surface area contributed by atoms with Crippen molar-refractivity contribution < 1.29 is 39.6 Å². The maximum absolute atomic E-state index is 12.8. The highest BCUT2D eigenvalue weighted by molar-refractivity contribution is 7.92. The zero-order chi connectivity index (χ0) is 25.5. The largest absolute Gasteiger partial charge is 0.501 e. The van der Waals surface area contributed by atoms with E-state index < -0.39 is 48.9 Å². The van der Waals surface area contributed by atoms with Crippen LogP contribution in [0.4, 0.5) is 29.3 Å². The Balaban J connectivity index is 1.83. The van der Waals surface area contributed by atoms with Gasteiger partial charge < -0.3 is 4.90 Å². The van der Waals surface area contributed by atoms with Crippen LogP contribution < -0.4 is 9.62 Å². The van der Waals surface area contributed by atoms with Crippen LogP contribution in [0.3, 0.4) is 0 Å². The van der Waals surface area contributed by atoms with Gasteiger partial charge in [-0.25, -0.2) is 18.1 Å². The van der Waals surface area contributed by atoms with Crippen LogP contribution in [0.2, 0.25) is 0 Å². The maximum atomic E-state index is 12.8. The van der Waals surface area contributed by atoms with Gasteiger partial charge in [0.1, 0.15) is 6.54 Å². The number of alkyl halides is 3. The summed E-state index contributed by atoms with van der Waals surface area (Å²) < 4.78 is 88.7. The Morgan fingerprint density at radius 3 is 2.24 bits per heavy atom. The second-order valence-electron chi connectivity index (χ2n) is 7.23. The monoisotopic (exact) mass is 521 g/mol. The molecule has 0 spiro atoms. The summed E-state index contributed by atoms with van der Waals surface area (Å²) >= 11 is 0. The fraction of sp³-hybridized carbons (Fsp3) is 0.278. The van der Waals surface area contributed by atoms with Gasteiger partial charge in [0.05, 0.1) is 29.0 Å². The lowest BCUT2D eigenvalue weighted by Crippen LogP contribution is -2.33. The number of benzene rings is 1. The van der Waals surface area contributed by atoms with Crippen molar-refractivity contribution in [2.75, 3.05) is 30.3 Å². The van der Waals surface area contributed by atoms with E-state index >= 15 is 0 Å². The minimum atomic E-state index is -5.59. The zero-order valence-corrected chi connectivity index (χ0v) is 19.3. The first-order valence-electron chi connectivity index (χ1n) is 9.31. The second kappa shape index (κ2) is 8.84. The number of nitrogens with zero attached hydrogens (tertiary/aromatic N) is 4. The molecule has 11 nitrogen and oxygen atoms in total. The molecule has 0 atom stereocenters. The number of nitrogens with one attached hydrogen (secondary N) is 1. The van der Waals surface area contributed by atoms with Crippen LogP contribution in [0.25, 0.3) is 0 Å². The van der Waals surface area contributed by atoms with Gasteiger partial charge in [0.2, 0.25) is 0 Å². The second-order valence-corrected chi connectivity index (χ2v) is 11.1. The molecule has 0 aliphatic carbocycles. The lowest BCUT2D eigenvalue weighted by Gasteiger charge is -2.20. The number of hydrogen-bond donors (Lipinski definition) is 1. The van der Waals surface area contributed by atoms with Gasteiger partial charge in [-0.3, -0.25) is 14.5 Å². The average molecular weight is 521 g/mol. The Morgan fingerprint density at radius 2 is 1.68 bits per heavy atom. The third kappa shape index (κ3) is 4.83. The number of imide groups is 1. The smallest absolute Gasteiger partial charge is 0.310 e. The molecule has 0 unspecified atom stereocenters. The van der Waals surface area contributed by atoms with Crippen molar-refractivity contribution in [1.82, 2.24) is 14.2 Å². The summed E-state index contributed by atoms with van der Waals surface area (Å²) in [6, 6.07) is 3.76. The number of carbonyl (C=O) groups is 2. The van der Waals surface area contributed by atoms with E-state index in [1.807, 2.05) is 0 Å². The average Bonchev–Trinajstić information content (AvgIpc) is 3.01. The predicted molar refractivity (Wildman–Crippen MR) is 113 cm³/mol. The van der Waals surface area contributed by atoms with E-state index in [9.17, 15) is 39.6 Å². The van der Waals surface area contributed by atoms with Crippen molar-refractivity contribution in [2.24, 2.45) is 0 Å². The molecule has 3 rings (SSSR count). The molecule has 1 fully saturated rings. The lowest BCUT2D eigenvalue weighted by atomic mass is 10.2. The molecule has 1 aliphatic rings. The van der Waals surface area contributed by atoms with Gasteiger partial charge in [-0.05, 0) is 35.9 Å². The van der Waals surface area contributed by atoms with Gasteiger partial charge in [0.15, 0.2) is 0 Å². The van der Waals surface area contributed by atoms with E-state index in [-0.39, 0.29) is 17.9 Å². The van der Waals surface area contributed by atoms with Crippen LogP contribution in [0.15, 0.2) is 47.6 Å². The van der Waals surface area contributed by atoms with Crippen molar-refractivity contribution >= 4 is 43.4 Å². The summed E-state index contributed by atoms with van der Waals surface area (Å²) in [5.41, 5.74) is -5.21. The van der Waals surface area contributed by atoms with Gasteiger partial charge >= 0.3 is 21.7 Å². The Morgan fingerprint density at radius 1 is 1.06 bits per heavy atom. The topological polar surface area (TPSA) is 137 Å². The number of amides is 3. The first kappa shape index (κ1) is 25.4. The van der Waals surface area contributed by atoms with Crippen molar-refractivity contribution in [2.45, 2.75) is 16.9 Å².